The summed E-state index contributed by atoms with van der Waals surface area (Å²) >= 11 is 1.31. The molecule has 1 aromatic heterocycles. The molecule has 0 unspecified atom stereocenters. The Kier molecular flexibility index (Phi) is 5.62. The maximum atomic E-state index is 12.1. The van der Waals surface area contributed by atoms with Gasteiger partial charge in [0.2, 0.25) is 5.91 Å². The topological polar surface area (TPSA) is 97.6 Å². The molecule has 7 nitrogen and oxygen atoms in total. The van der Waals surface area contributed by atoms with Gasteiger partial charge in [0.25, 0.3) is 5.91 Å². The van der Waals surface area contributed by atoms with Crippen molar-refractivity contribution in [2.24, 2.45) is 0 Å². The number of nitrogens with one attached hydrogen (secondary N) is 2. The van der Waals surface area contributed by atoms with Crippen LogP contribution < -0.4 is 10.6 Å². The molecular weight excluding hydrogens is 356 g/mol. The van der Waals surface area contributed by atoms with Crippen LogP contribution in [0.2, 0.25) is 0 Å². The zero-order chi connectivity index (χ0) is 18.5. The fraction of sp³-hybridized carbons (Fsp3) is 0.278. The van der Waals surface area contributed by atoms with E-state index in [1.807, 2.05) is 18.2 Å². The molecule has 8 heteroatoms. The highest BCUT2D eigenvalue weighted by atomic mass is 32.2. The quantitative estimate of drug-likeness (QED) is 0.753. The summed E-state index contributed by atoms with van der Waals surface area (Å²) in [5, 5.41) is 4.80. The Hall–Kier alpha value is -2.74. The Morgan fingerprint density at radius 1 is 1.31 bits per heavy atom. The highest BCUT2D eigenvalue weighted by Gasteiger charge is 2.30. The Bertz CT molecular complexity index is 806. The van der Waals surface area contributed by atoms with Crippen LogP contribution in [-0.4, -0.2) is 29.1 Å². The highest BCUT2D eigenvalue weighted by Crippen LogP contribution is 2.36. The van der Waals surface area contributed by atoms with Gasteiger partial charge in [-0.15, -0.1) is 11.8 Å². The van der Waals surface area contributed by atoms with Crippen molar-refractivity contribution >= 4 is 35.2 Å². The van der Waals surface area contributed by atoms with Crippen LogP contribution in [0.15, 0.2) is 52.0 Å². The number of benzene rings is 1. The molecule has 2 atom stereocenters. The van der Waals surface area contributed by atoms with E-state index < -0.39 is 23.2 Å². The summed E-state index contributed by atoms with van der Waals surface area (Å²) in [6, 6.07) is 10.8. The fourth-order valence-corrected chi connectivity index (χ4v) is 3.50. The molecule has 0 fully saturated rings. The molecule has 1 aliphatic rings. The zero-order valence-electron chi connectivity index (χ0n) is 14.1. The maximum absolute atomic E-state index is 12.1. The van der Waals surface area contributed by atoms with Crippen molar-refractivity contribution in [2.75, 3.05) is 5.32 Å². The molecule has 0 bridgehead atoms. The number of fused-ring (bicyclic) bond motifs is 1. The summed E-state index contributed by atoms with van der Waals surface area (Å²) < 4.78 is 10.3. The normalized spacial score (nSPS) is 17.0. The molecule has 2 heterocycles. The number of para-hydroxylation sites is 1. The molecule has 2 aromatic rings. The van der Waals surface area contributed by atoms with Crippen LogP contribution in [0.5, 0.6) is 0 Å². The minimum Gasteiger partial charge on any atom is -0.467 e. The Morgan fingerprint density at radius 3 is 2.88 bits per heavy atom. The lowest BCUT2D eigenvalue weighted by molar-refractivity contribution is -0.155. The van der Waals surface area contributed by atoms with Gasteiger partial charge in [0, 0.05) is 4.90 Å². The van der Waals surface area contributed by atoms with E-state index >= 15 is 0 Å². The molecule has 0 saturated carbocycles. The van der Waals surface area contributed by atoms with E-state index in [4.69, 9.17) is 9.15 Å². The van der Waals surface area contributed by atoms with Gasteiger partial charge in [0.05, 0.1) is 30.2 Å². The second-order valence-corrected chi connectivity index (χ2v) is 6.97. The molecule has 3 rings (SSSR count). The van der Waals surface area contributed by atoms with Crippen molar-refractivity contribution in [3.8, 4) is 0 Å². The van der Waals surface area contributed by atoms with Crippen molar-refractivity contribution in [3.63, 3.8) is 0 Å². The van der Waals surface area contributed by atoms with Gasteiger partial charge in [-0.3, -0.25) is 14.4 Å². The predicted octanol–water partition coefficient (Wildman–Crippen LogP) is 2.33. The number of thioether (sulfide) groups is 1. The number of amides is 2. The van der Waals surface area contributed by atoms with Crippen molar-refractivity contribution in [1.29, 1.82) is 0 Å². The van der Waals surface area contributed by atoms with E-state index in [1.54, 1.807) is 18.2 Å². The first kappa shape index (κ1) is 18.1. The summed E-state index contributed by atoms with van der Waals surface area (Å²) in [5.74, 6) is -0.676. The maximum Gasteiger partial charge on any atom is 0.308 e. The third kappa shape index (κ3) is 4.45. The van der Waals surface area contributed by atoms with Crippen LogP contribution in [0, 0.1) is 0 Å². The zero-order valence-corrected chi connectivity index (χ0v) is 14.9. The van der Waals surface area contributed by atoms with Gasteiger partial charge < -0.3 is 19.8 Å². The molecule has 0 saturated heterocycles. The molecule has 0 radical (unpaired) electrons. The molecule has 1 aromatic carbocycles. The summed E-state index contributed by atoms with van der Waals surface area (Å²) in [5.41, 5.74) is 0.734. The average Bonchev–Trinajstić information content (AvgIpc) is 3.13. The van der Waals surface area contributed by atoms with Gasteiger partial charge in [-0.1, -0.05) is 12.1 Å². The number of carbonyl (C=O) groups excluding carboxylic acids is 3. The summed E-state index contributed by atoms with van der Waals surface area (Å²) in [7, 11) is 0. The Morgan fingerprint density at radius 2 is 2.12 bits per heavy atom. The largest absolute Gasteiger partial charge is 0.467 e. The van der Waals surface area contributed by atoms with Gasteiger partial charge in [-0.2, -0.15) is 0 Å². The molecule has 1 aliphatic heterocycles. The lowest BCUT2D eigenvalue weighted by atomic mass is 10.2. The van der Waals surface area contributed by atoms with Crippen molar-refractivity contribution in [1.82, 2.24) is 5.32 Å². The number of anilines is 1. The van der Waals surface area contributed by atoms with Crippen LogP contribution in [0.3, 0.4) is 0 Å². The Labute approximate surface area is 154 Å². The fourth-order valence-electron chi connectivity index (χ4n) is 2.41. The molecule has 0 spiro atoms. The van der Waals surface area contributed by atoms with E-state index in [-0.39, 0.29) is 18.9 Å². The summed E-state index contributed by atoms with van der Waals surface area (Å²) in [6.07, 6.45) is 0.442. The highest BCUT2D eigenvalue weighted by molar-refractivity contribution is 8.01. The van der Waals surface area contributed by atoms with Gasteiger partial charge in [0.15, 0.2) is 6.10 Å². The number of carbonyl (C=O) groups is 3. The van der Waals surface area contributed by atoms with Gasteiger partial charge >= 0.3 is 5.97 Å². The minimum absolute atomic E-state index is 0.110. The minimum atomic E-state index is -0.957. The van der Waals surface area contributed by atoms with Crippen molar-refractivity contribution < 1.29 is 23.5 Å². The van der Waals surface area contributed by atoms with Crippen LogP contribution in [0.1, 0.15) is 19.1 Å². The average molecular weight is 374 g/mol. The number of ether oxygens (including phenoxy) is 1. The third-order valence-corrected chi connectivity index (χ3v) is 5.03. The monoisotopic (exact) mass is 374 g/mol. The Balaban J connectivity index is 1.49. The van der Waals surface area contributed by atoms with E-state index in [2.05, 4.69) is 10.6 Å². The second-order valence-electron chi connectivity index (χ2n) is 5.73. The molecule has 2 N–H and O–H groups in total. The molecule has 136 valence electrons. The van der Waals surface area contributed by atoms with Crippen LogP contribution in [-0.2, 0) is 25.7 Å². The first-order valence-electron chi connectivity index (χ1n) is 8.09. The summed E-state index contributed by atoms with van der Waals surface area (Å²) in [4.78, 5) is 37.1. The number of hydrogen-bond acceptors (Lipinski definition) is 6. The van der Waals surface area contributed by atoms with Gasteiger partial charge in [-0.05, 0) is 31.2 Å². The number of esters is 1. The lowest BCUT2D eigenvalue weighted by Gasteiger charge is -2.23. The van der Waals surface area contributed by atoms with Gasteiger partial charge in [0.1, 0.15) is 5.76 Å². The van der Waals surface area contributed by atoms with Crippen LogP contribution >= 0.6 is 11.8 Å². The molecule has 26 heavy (non-hydrogen) atoms. The predicted molar refractivity (Wildman–Crippen MR) is 95.4 cm³/mol. The van der Waals surface area contributed by atoms with E-state index in [9.17, 15) is 14.4 Å². The number of rotatable bonds is 6. The van der Waals surface area contributed by atoms with Crippen molar-refractivity contribution in [2.45, 2.75) is 36.1 Å². The molecule has 2 amide bonds. The number of hydrogen-bond donors (Lipinski definition) is 2. The molecular formula is C18H18N2O5S. The number of furan rings is 1. The van der Waals surface area contributed by atoms with E-state index in [0.29, 0.717) is 5.76 Å². The smallest absolute Gasteiger partial charge is 0.308 e. The summed E-state index contributed by atoms with van der Waals surface area (Å²) in [6.45, 7) is 1.70. The van der Waals surface area contributed by atoms with E-state index in [1.165, 1.54) is 24.9 Å². The SMILES string of the molecule is C[C@@H](OC(=O)C[C@@H]1Sc2ccccc2NC1=O)C(=O)NCc1ccco1. The van der Waals surface area contributed by atoms with Crippen molar-refractivity contribution in [3.05, 3.63) is 48.4 Å². The second kappa shape index (κ2) is 8.09. The first-order chi connectivity index (χ1) is 12.5. The van der Waals surface area contributed by atoms with Crippen LogP contribution in [0.4, 0.5) is 5.69 Å². The standard InChI is InChI=1S/C18H18N2O5S/c1-11(17(22)19-10-12-5-4-8-24-12)25-16(21)9-15-18(23)20-13-6-2-3-7-14(13)26-15/h2-8,11,15H,9-10H2,1H3,(H,19,22)(H,20,23)/t11-,15+/m1/s1. The lowest BCUT2D eigenvalue weighted by Crippen LogP contribution is -2.37. The molecule has 0 aliphatic carbocycles. The third-order valence-electron chi connectivity index (χ3n) is 3.75. The van der Waals surface area contributed by atoms with Gasteiger partial charge in [-0.25, -0.2) is 0 Å². The van der Waals surface area contributed by atoms with Crippen LogP contribution in [0.25, 0.3) is 0 Å². The first-order valence-corrected chi connectivity index (χ1v) is 8.97. The van der Waals surface area contributed by atoms with E-state index in [0.717, 1.165) is 10.6 Å².